The summed E-state index contributed by atoms with van der Waals surface area (Å²) in [6, 6.07) is 9.64. The predicted octanol–water partition coefficient (Wildman–Crippen LogP) is 4.53. The monoisotopic (exact) mass is 336 g/mol. The van der Waals surface area contributed by atoms with E-state index in [2.05, 4.69) is 15.9 Å². The first-order valence-corrected chi connectivity index (χ1v) is 7.05. The molecule has 0 saturated carbocycles. The molecule has 0 amide bonds. The zero-order valence-corrected chi connectivity index (χ0v) is 12.8. The van der Waals surface area contributed by atoms with Gasteiger partial charge in [-0.05, 0) is 59.6 Å². The van der Waals surface area contributed by atoms with Crippen LogP contribution in [0.2, 0.25) is 0 Å². The summed E-state index contributed by atoms with van der Waals surface area (Å²) in [5.41, 5.74) is 1.34. The molecule has 2 nitrogen and oxygen atoms in total. The highest BCUT2D eigenvalue weighted by atomic mass is 79.9. The highest BCUT2D eigenvalue weighted by Crippen LogP contribution is 2.25. The van der Waals surface area contributed by atoms with Gasteiger partial charge in [-0.3, -0.25) is 4.79 Å². The maximum Gasteiger partial charge on any atom is 0.194 e. The van der Waals surface area contributed by atoms with Crippen LogP contribution in [0.3, 0.4) is 0 Å². The SMILES string of the molecule is CCOc1ccc(C(=O)c2ccc(C)c(F)c2)c(Br)c1. The van der Waals surface area contributed by atoms with Crippen LogP contribution in [0.1, 0.15) is 28.4 Å². The van der Waals surface area contributed by atoms with Crippen molar-refractivity contribution >= 4 is 21.7 Å². The van der Waals surface area contributed by atoms with Gasteiger partial charge in [0.25, 0.3) is 0 Å². The summed E-state index contributed by atoms with van der Waals surface area (Å²) >= 11 is 3.35. The number of ether oxygens (including phenoxy) is 1. The first-order chi connectivity index (χ1) is 9.52. The van der Waals surface area contributed by atoms with Crippen molar-refractivity contribution in [2.24, 2.45) is 0 Å². The van der Waals surface area contributed by atoms with Gasteiger partial charge in [-0.1, -0.05) is 12.1 Å². The van der Waals surface area contributed by atoms with Gasteiger partial charge in [0.05, 0.1) is 6.61 Å². The van der Waals surface area contributed by atoms with Gasteiger partial charge in [0.15, 0.2) is 5.78 Å². The van der Waals surface area contributed by atoms with E-state index in [-0.39, 0.29) is 11.6 Å². The van der Waals surface area contributed by atoms with Gasteiger partial charge >= 0.3 is 0 Å². The fraction of sp³-hybridized carbons (Fsp3) is 0.188. The Morgan fingerprint density at radius 1 is 1.25 bits per heavy atom. The molecule has 0 atom stereocenters. The number of halogens is 2. The second-order valence-corrected chi connectivity index (χ2v) is 5.22. The molecule has 0 bridgehead atoms. The highest BCUT2D eigenvalue weighted by molar-refractivity contribution is 9.10. The average molecular weight is 337 g/mol. The number of rotatable bonds is 4. The molecule has 0 spiro atoms. The third-order valence-electron chi connectivity index (χ3n) is 2.93. The second-order valence-electron chi connectivity index (χ2n) is 4.37. The van der Waals surface area contributed by atoms with Crippen molar-refractivity contribution in [1.82, 2.24) is 0 Å². The van der Waals surface area contributed by atoms with E-state index in [1.165, 1.54) is 6.07 Å². The Balaban J connectivity index is 2.35. The Labute approximate surface area is 125 Å². The number of hydrogen-bond acceptors (Lipinski definition) is 2. The summed E-state index contributed by atoms with van der Waals surface area (Å²) in [4.78, 5) is 12.4. The molecular formula is C16H14BrFO2. The van der Waals surface area contributed by atoms with Crippen LogP contribution in [-0.2, 0) is 0 Å². The van der Waals surface area contributed by atoms with Gasteiger partial charge in [0, 0.05) is 15.6 Å². The maximum absolute atomic E-state index is 13.5. The lowest BCUT2D eigenvalue weighted by Crippen LogP contribution is -2.04. The van der Waals surface area contributed by atoms with Crippen molar-refractivity contribution in [2.75, 3.05) is 6.61 Å². The lowest BCUT2D eigenvalue weighted by molar-refractivity contribution is 0.103. The topological polar surface area (TPSA) is 26.3 Å². The minimum absolute atomic E-state index is 0.223. The Bertz CT molecular complexity index is 653. The molecule has 0 saturated heterocycles. The number of aryl methyl sites for hydroxylation is 1. The summed E-state index contributed by atoms with van der Waals surface area (Å²) in [5.74, 6) is 0.0859. The van der Waals surface area contributed by atoms with Crippen LogP contribution in [0.5, 0.6) is 5.75 Å². The quantitative estimate of drug-likeness (QED) is 0.767. The number of benzene rings is 2. The van der Waals surface area contributed by atoms with Gasteiger partial charge in [-0.2, -0.15) is 0 Å². The van der Waals surface area contributed by atoms with Gasteiger partial charge in [-0.25, -0.2) is 4.39 Å². The van der Waals surface area contributed by atoms with Gasteiger partial charge in [0.1, 0.15) is 11.6 Å². The van der Waals surface area contributed by atoms with Crippen molar-refractivity contribution in [3.05, 3.63) is 63.4 Å². The predicted molar refractivity (Wildman–Crippen MR) is 79.9 cm³/mol. The largest absolute Gasteiger partial charge is 0.494 e. The van der Waals surface area contributed by atoms with E-state index < -0.39 is 0 Å². The number of hydrogen-bond donors (Lipinski definition) is 0. The molecule has 20 heavy (non-hydrogen) atoms. The molecule has 0 aliphatic rings. The van der Waals surface area contributed by atoms with Crippen molar-refractivity contribution in [1.29, 1.82) is 0 Å². The molecule has 104 valence electrons. The average Bonchev–Trinajstić information content (AvgIpc) is 2.42. The lowest BCUT2D eigenvalue weighted by atomic mass is 10.0. The molecule has 0 aromatic heterocycles. The number of carbonyl (C=O) groups excluding carboxylic acids is 1. The van der Waals surface area contributed by atoms with Crippen LogP contribution in [0.4, 0.5) is 4.39 Å². The van der Waals surface area contributed by atoms with E-state index in [1.807, 2.05) is 6.92 Å². The van der Waals surface area contributed by atoms with Crippen LogP contribution in [-0.4, -0.2) is 12.4 Å². The third kappa shape index (κ3) is 3.07. The lowest BCUT2D eigenvalue weighted by Gasteiger charge is -2.08. The first kappa shape index (κ1) is 14.7. The molecule has 2 rings (SSSR count). The van der Waals surface area contributed by atoms with Crippen molar-refractivity contribution in [2.45, 2.75) is 13.8 Å². The van der Waals surface area contributed by atoms with Crippen LogP contribution >= 0.6 is 15.9 Å². The van der Waals surface area contributed by atoms with E-state index >= 15 is 0 Å². The zero-order chi connectivity index (χ0) is 14.7. The van der Waals surface area contributed by atoms with E-state index in [0.29, 0.717) is 33.5 Å². The van der Waals surface area contributed by atoms with Gasteiger partial charge in [0.2, 0.25) is 0 Å². The Morgan fingerprint density at radius 3 is 2.60 bits per heavy atom. The normalized spacial score (nSPS) is 10.4. The fourth-order valence-corrected chi connectivity index (χ4v) is 2.36. The van der Waals surface area contributed by atoms with Gasteiger partial charge in [-0.15, -0.1) is 0 Å². The molecule has 0 N–H and O–H groups in total. The fourth-order valence-electron chi connectivity index (χ4n) is 1.83. The standard InChI is InChI=1S/C16H14BrFO2/c1-3-20-12-6-7-13(14(17)9-12)16(19)11-5-4-10(2)15(18)8-11/h4-9H,3H2,1-2H3. The highest BCUT2D eigenvalue weighted by Gasteiger charge is 2.14. The number of carbonyl (C=O) groups is 1. The van der Waals surface area contributed by atoms with Gasteiger partial charge < -0.3 is 4.74 Å². The molecule has 0 unspecified atom stereocenters. The summed E-state index contributed by atoms with van der Waals surface area (Å²) in [7, 11) is 0. The third-order valence-corrected chi connectivity index (χ3v) is 3.59. The van der Waals surface area contributed by atoms with Crippen LogP contribution < -0.4 is 4.74 Å². The summed E-state index contributed by atoms with van der Waals surface area (Å²) < 4.78 is 19.5. The first-order valence-electron chi connectivity index (χ1n) is 6.26. The van der Waals surface area contributed by atoms with Crippen molar-refractivity contribution in [3.63, 3.8) is 0 Å². The van der Waals surface area contributed by atoms with Crippen molar-refractivity contribution in [3.8, 4) is 5.75 Å². The minimum atomic E-state index is -0.377. The van der Waals surface area contributed by atoms with E-state index in [9.17, 15) is 9.18 Å². The zero-order valence-electron chi connectivity index (χ0n) is 11.2. The van der Waals surface area contributed by atoms with Crippen LogP contribution in [0.15, 0.2) is 40.9 Å². The summed E-state index contributed by atoms with van der Waals surface area (Å²) in [6.07, 6.45) is 0. The molecule has 0 heterocycles. The van der Waals surface area contributed by atoms with E-state index in [1.54, 1.807) is 37.3 Å². The molecule has 0 aliphatic heterocycles. The summed E-state index contributed by atoms with van der Waals surface area (Å²) in [5, 5.41) is 0. The Kier molecular flexibility index (Phi) is 4.55. The van der Waals surface area contributed by atoms with Crippen LogP contribution in [0.25, 0.3) is 0 Å². The number of ketones is 1. The Morgan fingerprint density at radius 2 is 2.00 bits per heavy atom. The Hall–Kier alpha value is -1.68. The summed E-state index contributed by atoms with van der Waals surface area (Å²) in [6.45, 7) is 4.11. The molecule has 0 radical (unpaired) electrons. The van der Waals surface area contributed by atoms with Crippen molar-refractivity contribution < 1.29 is 13.9 Å². The molecule has 4 heteroatoms. The molecular weight excluding hydrogens is 323 g/mol. The smallest absolute Gasteiger partial charge is 0.194 e. The molecule has 2 aromatic carbocycles. The molecule has 2 aromatic rings. The minimum Gasteiger partial charge on any atom is -0.494 e. The van der Waals surface area contributed by atoms with Crippen LogP contribution in [0, 0.1) is 12.7 Å². The molecule has 0 fully saturated rings. The van der Waals surface area contributed by atoms with E-state index in [0.717, 1.165) is 0 Å². The van der Waals surface area contributed by atoms with E-state index in [4.69, 9.17) is 4.74 Å². The maximum atomic E-state index is 13.5. The second kappa shape index (κ2) is 6.18. The molecule has 0 aliphatic carbocycles.